The monoisotopic (exact) mass is 510 g/mol. The van der Waals surface area contributed by atoms with Crippen LogP contribution in [-0.4, -0.2) is 14.7 Å². The van der Waals surface area contributed by atoms with Gasteiger partial charge in [0.1, 0.15) is 0 Å². The second-order valence-corrected chi connectivity index (χ2v) is 8.83. The summed E-state index contributed by atoms with van der Waals surface area (Å²) >= 11 is 0. The number of nitrogens with two attached hydrogens (primary N) is 1. The smallest absolute Gasteiger partial charge is 0.541 e. The molecule has 2 N–H and O–H groups in total. The zero-order valence-electron chi connectivity index (χ0n) is 17.7. The van der Waals surface area contributed by atoms with Crippen LogP contribution in [0.1, 0.15) is 39.9 Å². The number of rotatable bonds is 5. The predicted molar refractivity (Wildman–Crippen MR) is 120 cm³/mol. The van der Waals surface area contributed by atoms with E-state index >= 15 is 0 Å². The number of nitrogens with zero attached hydrogens (tertiary/aromatic N) is 1. The Balaban J connectivity index is 0.000000379. The van der Waals surface area contributed by atoms with E-state index in [1.54, 1.807) is 0 Å². The van der Waals surface area contributed by atoms with Crippen molar-refractivity contribution >= 4 is 10.0 Å². The Kier molecular flexibility index (Phi) is 10.6. The minimum absolute atomic E-state index is 0. The van der Waals surface area contributed by atoms with Gasteiger partial charge < -0.3 is 10.5 Å². The van der Waals surface area contributed by atoms with E-state index in [9.17, 15) is 8.42 Å². The van der Waals surface area contributed by atoms with Gasteiger partial charge in [0.15, 0.2) is 0 Å². The van der Waals surface area contributed by atoms with Crippen LogP contribution < -0.4 is 5.73 Å². The molecule has 0 saturated carbocycles. The molecule has 4 nitrogen and oxygen atoms in total. The summed E-state index contributed by atoms with van der Waals surface area (Å²) in [5, 5.41) is 0. The molecular weight excluding hydrogens is 481 g/mol. The van der Waals surface area contributed by atoms with Crippen LogP contribution in [0.4, 0.5) is 0 Å². The maximum Gasteiger partial charge on any atom is 2.00 e. The van der Waals surface area contributed by atoms with Crippen molar-refractivity contribution in [2.24, 2.45) is 5.73 Å². The number of benzene rings is 3. The largest absolute Gasteiger partial charge is 2.00 e. The van der Waals surface area contributed by atoms with E-state index in [1.807, 2.05) is 60.7 Å². The molecule has 160 valence electrons. The van der Waals surface area contributed by atoms with Gasteiger partial charge in [0.05, 0.1) is 10.0 Å². The summed E-state index contributed by atoms with van der Waals surface area (Å²) in [6, 6.07) is 25.0. The van der Waals surface area contributed by atoms with Crippen LogP contribution in [0.2, 0.25) is 0 Å². The second kappa shape index (κ2) is 12.1. The first-order valence-corrected chi connectivity index (χ1v) is 11.3. The minimum atomic E-state index is -3.48. The molecule has 0 saturated heterocycles. The maximum atomic E-state index is 11.5. The third kappa shape index (κ3) is 8.89. The van der Waals surface area contributed by atoms with Crippen LogP contribution in [0.3, 0.4) is 0 Å². The first-order valence-electron chi connectivity index (χ1n) is 9.40. The summed E-state index contributed by atoms with van der Waals surface area (Å²) in [6.45, 7) is 6.24. The first-order chi connectivity index (χ1) is 13.7. The van der Waals surface area contributed by atoms with Crippen LogP contribution in [0.15, 0.2) is 72.8 Å². The van der Waals surface area contributed by atoms with E-state index in [1.165, 1.54) is 16.7 Å². The predicted octanol–water partition coefficient (Wildman–Crippen LogP) is 5.17. The molecule has 2 unspecified atom stereocenters. The van der Waals surface area contributed by atoms with Crippen molar-refractivity contribution in [3.8, 4) is 0 Å². The minimum Gasteiger partial charge on any atom is -0.541 e. The molecule has 0 bridgehead atoms. The summed E-state index contributed by atoms with van der Waals surface area (Å²) < 4.78 is 27.0. The molecule has 0 heterocycles. The fourth-order valence-electron chi connectivity index (χ4n) is 3.16. The molecule has 0 radical (unpaired) electrons. The third-order valence-electron chi connectivity index (χ3n) is 4.25. The van der Waals surface area contributed by atoms with Crippen molar-refractivity contribution in [1.82, 2.24) is 0 Å². The van der Waals surface area contributed by atoms with Crippen molar-refractivity contribution in [2.75, 3.05) is 6.26 Å². The van der Waals surface area contributed by atoms with Gasteiger partial charge in [-0.3, -0.25) is 0 Å². The Labute approximate surface area is 193 Å². The zero-order chi connectivity index (χ0) is 21.4. The van der Waals surface area contributed by atoms with Crippen LogP contribution in [0.25, 0.3) is 4.72 Å². The van der Waals surface area contributed by atoms with Crippen LogP contribution >= 0.6 is 0 Å². The molecule has 30 heavy (non-hydrogen) atoms. The Bertz CT molecular complexity index is 959. The summed E-state index contributed by atoms with van der Waals surface area (Å²) in [5.74, 6) is 0. The topological polar surface area (TPSA) is 74.3 Å². The summed E-state index contributed by atoms with van der Waals surface area (Å²) in [6.07, 6.45) is 1.08. The Morgan fingerprint density at radius 1 is 0.833 bits per heavy atom. The number of aryl methyl sites for hydroxylation is 3. The van der Waals surface area contributed by atoms with Gasteiger partial charge in [-0.2, -0.15) is 34.9 Å². The van der Waals surface area contributed by atoms with Crippen molar-refractivity contribution in [1.29, 1.82) is 0 Å². The van der Waals surface area contributed by atoms with Gasteiger partial charge in [0.2, 0.25) is 0 Å². The fraction of sp³-hybridized carbons (Fsp3) is 0.250. The van der Waals surface area contributed by atoms with Crippen molar-refractivity contribution in [3.63, 3.8) is 0 Å². The molecule has 0 fully saturated rings. The van der Waals surface area contributed by atoms with Gasteiger partial charge in [0, 0.05) is 12.3 Å². The van der Waals surface area contributed by atoms with E-state index in [-0.39, 0.29) is 19.5 Å². The van der Waals surface area contributed by atoms with E-state index < -0.39 is 22.1 Å². The van der Waals surface area contributed by atoms with Crippen molar-refractivity contribution < 1.29 is 27.9 Å². The second-order valence-electron chi connectivity index (χ2n) is 7.15. The molecule has 0 aliphatic carbocycles. The van der Waals surface area contributed by atoms with Gasteiger partial charge in [0.25, 0.3) is 0 Å². The molecule has 2 atom stereocenters. The SMILES string of the molecule is CS(=O)(=O)[N-]C(c1ccccc1)C(N)c1ccccc1.Cc1[c-]c(C)cc(C)c1.[Ru+2]. The number of hydrogen-bond donors (Lipinski definition) is 1. The van der Waals surface area contributed by atoms with Gasteiger partial charge in [-0.25, -0.2) is 8.42 Å². The molecule has 3 aromatic carbocycles. The molecule has 0 aromatic heterocycles. The number of hydrogen-bond acceptors (Lipinski definition) is 3. The van der Waals surface area contributed by atoms with Crippen LogP contribution in [0.5, 0.6) is 0 Å². The maximum absolute atomic E-state index is 11.5. The molecular formula is C24H28N2O2RuS. The summed E-state index contributed by atoms with van der Waals surface area (Å²) in [5.41, 5.74) is 11.6. The molecule has 6 heteroatoms. The molecule has 0 aliphatic heterocycles. The van der Waals surface area contributed by atoms with Crippen LogP contribution in [-0.2, 0) is 29.5 Å². The Morgan fingerprint density at radius 3 is 1.67 bits per heavy atom. The summed E-state index contributed by atoms with van der Waals surface area (Å²) in [7, 11) is -3.48. The Hall–Kier alpha value is -1.85. The summed E-state index contributed by atoms with van der Waals surface area (Å²) in [4.78, 5) is 0. The molecule has 3 rings (SSSR count). The molecule has 0 aliphatic rings. The van der Waals surface area contributed by atoms with E-state index in [2.05, 4.69) is 43.7 Å². The average molecular weight is 510 g/mol. The third-order valence-corrected chi connectivity index (χ3v) is 4.86. The van der Waals surface area contributed by atoms with E-state index in [0.717, 1.165) is 17.4 Å². The normalized spacial score (nSPS) is 12.7. The van der Waals surface area contributed by atoms with Gasteiger partial charge in [-0.05, 0) is 5.56 Å². The zero-order valence-corrected chi connectivity index (χ0v) is 20.2. The average Bonchev–Trinajstić information content (AvgIpc) is 2.66. The first kappa shape index (κ1) is 26.2. The van der Waals surface area contributed by atoms with Gasteiger partial charge in [-0.1, -0.05) is 93.0 Å². The van der Waals surface area contributed by atoms with Crippen LogP contribution in [0, 0.1) is 26.8 Å². The standard InChI is InChI=1S/C15H17N2O2S.C9H11.Ru/c1-20(18,19)17-15(13-10-6-3-7-11-13)14(16)12-8-4-2-5-9-12;1-7-4-8(2)6-9(3)5-7;/h2-11,14-15H,16H2,1H3;4-5H,1-3H3;/q2*-1;+2. The Morgan fingerprint density at radius 2 is 1.27 bits per heavy atom. The molecule has 0 amide bonds. The van der Waals surface area contributed by atoms with Gasteiger partial charge >= 0.3 is 19.5 Å². The number of sulfonamides is 1. The quantitative estimate of drug-likeness (QED) is 0.381. The molecule has 0 spiro atoms. The molecule has 3 aromatic rings. The van der Waals surface area contributed by atoms with Crippen molar-refractivity contribution in [2.45, 2.75) is 32.9 Å². The van der Waals surface area contributed by atoms with E-state index in [0.29, 0.717) is 0 Å². The van der Waals surface area contributed by atoms with E-state index in [4.69, 9.17) is 5.73 Å². The fourth-order valence-corrected chi connectivity index (χ4v) is 3.82. The van der Waals surface area contributed by atoms with Crippen molar-refractivity contribution in [3.05, 3.63) is 111 Å². The van der Waals surface area contributed by atoms with Gasteiger partial charge in [-0.15, -0.1) is 0 Å².